The van der Waals surface area contributed by atoms with Crippen molar-refractivity contribution in [2.24, 2.45) is 0 Å². The van der Waals surface area contributed by atoms with E-state index in [1.807, 2.05) is 17.0 Å². The van der Waals surface area contributed by atoms with Gasteiger partial charge in [0.15, 0.2) is 0 Å². The summed E-state index contributed by atoms with van der Waals surface area (Å²) in [6.07, 6.45) is 4.22. The molecule has 1 fully saturated rings. The number of pyridine rings is 1. The van der Waals surface area contributed by atoms with Crippen LogP contribution in [0.25, 0.3) is 11.4 Å². The van der Waals surface area contributed by atoms with E-state index in [1.54, 1.807) is 12.4 Å². The van der Waals surface area contributed by atoms with Crippen LogP contribution in [0.5, 0.6) is 0 Å². The highest BCUT2D eigenvalue weighted by atomic mass is 35.5. The van der Waals surface area contributed by atoms with Crippen molar-refractivity contribution in [3.8, 4) is 11.4 Å². The maximum absolute atomic E-state index is 12.3. The predicted octanol–water partition coefficient (Wildman–Crippen LogP) is 1.73. The van der Waals surface area contributed by atoms with Crippen LogP contribution >= 0.6 is 24.8 Å². The second-order valence-electron chi connectivity index (χ2n) is 5.39. The van der Waals surface area contributed by atoms with E-state index in [0.29, 0.717) is 24.6 Å². The molecule has 1 saturated heterocycles. The number of aromatic nitrogens is 3. The molecule has 2 aromatic heterocycles. The summed E-state index contributed by atoms with van der Waals surface area (Å²) in [5.41, 5.74) is 0.854. The highest BCUT2D eigenvalue weighted by Crippen LogP contribution is 2.15. The van der Waals surface area contributed by atoms with Crippen LogP contribution < -0.4 is 5.32 Å². The van der Waals surface area contributed by atoms with E-state index in [9.17, 15) is 4.79 Å². The molecule has 1 aliphatic heterocycles. The lowest BCUT2D eigenvalue weighted by Gasteiger charge is -2.34. The van der Waals surface area contributed by atoms with Crippen LogP contribution in [0.4, 0.5) is 0 Å². The lowest BCUT2D eigenvalue weighted by molar-refractivity contribution is -0.134. The van der Waals surface area contributed by atoms with Crippen LogP contribution in [-0.2, 0) is 11.2 Å². The van der Waals surface area contributed by atoms with Crippen LogP contribution in [-0.4, -0.2) is 51.6 Å². The van der Waals surface area contributed by atoms with Crippen LogP contribution in [0.1, 0.15) is 19.2 Å². The molecule has 0 aliphatic carbocycles. The van der Waals surface area contributed by atoms with Crippen molar-refractivity contribution < 1.29 is 9.32 Å². The monoisotopic (exact) mass is 373 g/mol. The van der Waals surface area contributed by atoms with Gasteiger partial charge in [-0.15, -0.1) is 24.8 Å². The van der Waals surface area contributed by atoms with Gasteiger partial charge in [-0.05, 0) is 19.1 Å². The number of amides is 1. The molecule has 0 spiro atoms. The molecular formula is C15H21Cl2N5O2. The second kappa shape index (κ2) is 9.56. The smallest absolute Gasteiger partial charge is 0.227 e. The number of hydrogen-bond donors (Lipinski definition) is 1. The Kier molecular flexibility index (Phi) is 8.10. The molecule has 0 radical (unpaired) electrons. The second-order valence-corrected chi connectivity index (χ2v) is 5.39. The molecule has 1 atom stereocenters. The van der Waals surface area contributed by atoms with Crippen molar-refractivity contribution in [2.75, 3.05) is 19.6 Å². The average Bonchev–Trinajstić information content (AvgIpc) is 3.03. The van der Waals surface area contributed by atoms with E-state index in [0.717, 1.165) is 25.2 Å². The number of hydrogen-bond acceptors (Lipinski definition) is 6. The number of carbonyl (C=O) groups is 1. The Morgan fingerprint density at radius 3 is 2.83 bits per heavy atom. The maximum atomic E-state index is 12.3. The lowest BCUT2D eigenvalue weighted by Crippen LogP contribution is -2.52. The van der Waals surface area contributed by atoms with Crippen molar-refractivity contribution in [3.05, 3.63) is 30.4 Å². The summed E-state index contributed by atoms with van der Waals surface area (Å²) in [6.45, 7) is 4.51. The minimum absolute atomic E-state index is 0. The van der Waals surface area contributed by atoms with Gasteiger partial charge in [0, 0.05) is 56.5 Å². The number of carbonyl (C=O) groups excluding carboxylic acids is 1. The third-order valence-corrected chi connectivity index (χ3v) is 3.78. The summed E-state index contributed by atoms with van der Waals surface area (Å²) in [5, 5.41) is 7.22. The molecule has 2 aromatic rings. The van der Waals surface area contributed by atoms with Gasteiger partial charge in [-0.3, -0.25) is 9.78 Å². The van der Waals surface area contributed by atoms with Crippen molar-refractivity contribution in [3.63, 3.8) is 0 Å². The zero-order valence-corrected chi connectivity index (χ0v) is 15.0. The quantitative estimate of drug-likeness (QED) is 0.878. The highest BCUT2D eigenvalue weighted by Gasteiger charge is 2.23. The maximum Gasteiger partial charge on any atom is 0.227 e. The van der Waals surface area contributed by atoms with E-state index in [1.165, 1.54) is 0 Å². The molecule has 132 valence electrons. The van der Waals surface area contributed by atoms with E-state index in [4.69, 9.17) is 4.52 Å². The Hall–Kier alpha value is -1.70. The first-order valence-corrected chi connectivity index (χ1v) is 7.47. The van der Waals surface area contributed by atoms with Gasteiger partial charge in [0.05, 0.1) is 0 Å². The van der Waals surface area contributed by atoms with Crippen LogP contribution in [0.2, 0.25) is 0 Å². The third kappa shape index (κ3) is 4.90. The Morgan fingerprint density at radius 2 is 2.12 bits per heavy atom. The summed E-state index contributed by atoms with van der Waals surface area (Å²) in [7, 11) is 0. The van der Waals surface area contributed by atoms with Crippen molar-refractivity contribution >= 4 is 30.7 Å². The fraction of sp³-hybridized carbons (Fsp3) is 0.467. The first kappa shape index (κ1) is 20.3. The molecule has 24 heavy (non-hydrogen) atoms. The third-order valence-electron chi connectivity index (χ3n) is 3.78. The SMILES string of the molecule is C[C@@H]1CNCCN1C(=O)CCc1nc(-c2ccncc2)no1.Cl.Cl. The Morgan fingerprint density at radius 1 is 1.38 bits per heavy atom. The van der Waals surface area contributed by atoms with Crippen LogP contribution in [0.15, 0.2) is 29.0 Å². The van der Waals surface area contributed by atoms with Crippen molar-refractivity contribution in [1.82, 2.24) is 25.3 Å². The van der Waals surface area contributed by atoms with Crippen molar-refractivity contribution in [2.45, 2.75) is 25.8 Å². The molecule has 9 heteroatoms. The minimum Gasteiger partial charge on any atom is -0.339 e. The molecule has 1 N–H and O–H groups in total. The molecular weight excluding hydrogens is 353 g/mol. The Labute approximate surface area is 153 Å². The molecule has 1 aliphatic rings. The van der Waals surface area contributed by atoms with Gasteiger partial charge in [-0.2, -0.15) is 4.98 Å². The standard InChI is InChI=1S/C15H19N5O2.2ClH/c1-11-10-17-8-9-20(11)14(21)3-2-13-18-15(19-22-13)12-4-6-16-7-5-12;;/h4-7,11,17H,2-3,8-10H2,1H3;2*1H/t11-;;/m1../s1. The van der Waals surface area contributed by atoms with E-state index >= 15 is 0 Å². The zero-order valence-electron chi connectivity index (χ0n) is 13.3. The summed E-state index contributed by atoms with van der Waals surface area (Å²) in [5.74, 6) is 1.15. The molecule has 1 amide bonds. The van der Waals surface area contributed by atoms with E-state index < -0.39 is 0 Å². The molecule has 0 aromatic carbocycles. The predicted molar refractivity (Wildman–Crippen MR) is 94.4 cm³/mol. The minimum atomic E-state index is 0. The molecule has 0 saturated carbocycles. The Balaban J connectivity index is 0.00000144. The number of nitrogens with zero attached hydrogens (tertiary/aromatic N) is 4. The molecule has 3 rings (SSSR count). The van der Waals surface area contributed by atoms with Crippen LogP contribution in [0, 0.1) is 0 Å². The number of piperazine rings is 1. The van der Waals surface area contributed by atoms with Gasteiger partial charge in [0.1, 0.15) is 0 Å². The van der Waals surface area contributed by atoms with Gasteiger partial charge in [0.2, 0.25) is 17.6 Å². The number of halogens is 2. The molecule has 7 nitrogen and oxygen atoms in total. The molecule has 0 unspecified atom stereocenters. The van der Waals surface area contributed by atoms with E-state index in [2.05, 4.69) is 27.4 Å². The summed E-state index contributed by atoms with van der Waals surface area (Å²) in [6, 6.07) is 3.88. The average molecular weight is 374 g/mol. The van der Waals surface area contributed by atoms with E-state index in [-0.39, 0.29) is 36.8 Å². The fourth-order valence-corrected chi connectivity index (χ4v) is 2.54. The van der Waals surface area contributed by atoms with Gasteiger partial charge >= 0.3 is 0 Å². The molecule has 3 heterocycles. The largest absolute Gasteiger partial charge is 0.339 e. The Bertz CT molecular complexity index is 638. The summed E-state index contributed by atoms with van der Waals surface area (Å²) in [4.78, 5) is 22.5. The van der Waals surface area contributed by atoms with Gasteiger partial charge in [-0.25, -0.2) is 0 Å². The number of aryl methyl sites for hydroxylation is 1. The van der Waals surface area contributed by atoms with Crippen molar-refractivity contribution in [1.29, 1.82) is 0 Å². The van der Waals surface area contributed by atoms with Gasteiger partial charge in [0.25, 0.3) is 0 Å². The zero-order chi connectivity index (χ0) is 15.4. The molecule has 0 bridgehead atoms. The topological polar surface area (TPSA) is 84.2 Å². The van der Waals surface area contributed by atoms with Crippen LogP contribution in [0.3, 0.4) is 0 Å². The van der Waals surface area contributed by atoms with Gasteiger partial charge < -0.3 is 14.7 Å². The summed E-state index contributed by atoms with van der Waals surface area (Å²) < 4.78 is 5.22. The highest BCUT2D eigenvalue weighted by molar-refractivity contribution is 5.85. The first-order chi connectivity index (χ1) is 10.7. The normalized spacial score (nSPS) is 16.9. The fourth-order valence-electron chi connectivity index (χ4n) is 2.54. The number of nitrogens with one attached hydrogen (secondary N) is 1. The first-order valence-electron chi connectivity index (χ1n) is 7.47. The lowest BCUT2D eigenvalue weighted by atomic mass is 10.2. The van der Waals surface area contributed by atoms with Gasteiger partial charge in [-0.1, -0.05) is 5.16 Å². The summed E-state index contributed by atoms with van der Waals surface area (Å²) >= 11 is 0. The number of rotatable bonds is 4.